The topological polar surface area (TPSA) is 75.1 Å². The number of hydrogen-bond donors (Lipinski definition) is 2. The van der Waals surface area contributed by atoms with Gasteiger partial charge in [-0.1, -0.05) is 20.8 Å². The summed E-state index contributed by atoms with van der Waals surface area (Å²) < 4.78 is 1.31. The van der Waals surface area contributed by atoms with Crippen molar-refractivity contribution in [2.24, 2.45) is 11.3 Å². The Morgan fingerprint density at radius 3 is 2.44 bits per heavy atom. The van der Waals surface area contributed by atoms with Gasteiger partial charge in [-0.3, -0.25) is 14.3 Å². The van der Waals surface area contributed by atoms with Crippen LogP contribution in [0.5, 0.6) is 5.88 Å². The van der Waals surface area contributed by atoms with Crippen LogP contribution in [-0.2, 0) is 13.0 Å². The van der Waals surface area contributed by atoms with E-state index in [9.17, 15) is 14.7 Å². The van der Waals surface area contributed by atoms with Crippen LogP contribution >= 0.6 is 0 Å². The summed E-state index contributed by atoms with van der Waals surface area (Å²) in [7, 11) is 0. The molecule has 0 bridgehead atoms. The average molecular weight is 252 g/mol. The normalized spacial score (nSPS) is 17.1. The smallest absolute Gasteiger partial charge is 0.331 e. The van der Waals surface area contributed by atoms with Crippen molar-refractivity contribution < 1.29 is 5.11 Å². The van der Waals surface area contributed by atoms with Gasteiger partial charge in [0.05, 0.1) is 5.56 Å². The van der Waals surface area contributed by atoms with Gasteiger partial charge in [-0.25, -0.2) is 4.79 Å². The van der Waals surface area contributed by atoms with Crippen molar-refractivity contribution in [2.75, 3.05) is 0 Å². The standard InChI is InChI=1S/C13H20N2O3/c1-4-9-10(16)14-12(18)15(11(9)17)7-13(5-6-13)8(2)3/h8,17H,4-7H2,1-3H3,(H,14,16,18). The van der Waals surface area contributed by atoms with Crippen molar-refractivity contribution in [1.29, 1.82) is 0 Å². The van der Waals surface area contributed by atoms with E-state index in [2.05, 4.69) is 18.8 Å². The van der Waals surface area contributed by atoms with E-state index < -0.39 is 11.2 Å². The Bertz CT molecular complexity index is 565. The molecule has 1 saturated carbocycles. The molecule has 5 heteroatoms. The Morgan fingerprint density at radius 2 is 2.00 bits per heavy atom. The molecular weight excluding hydrogens is 232 g/mol. The van der Waals surface area contributed by atoms with Gasteiger partial charge in [0.1, 0.15) is 0 Å². The summed E-state index contributed by atoms with van der Waals surface area (Å²) in [6.45, 7) is 6.52. The van der Waals surface area contributed by atoms with Crippen LogP contribution in [0, 0.1) is 11.3 Å². The molecule has 1 aliphatic carbocycles. The second-order valence-corrected chi connectivity index (χ2v) is 5.52. The zero-order valence-corrected chi connectivity index (χ0v) is 11.1. The summed E-state index contributed by atoms with van der Waals surface area (Å²) in [4.78, 5) is 25.6. The molecule has 0 unspecified atom stereocenters. The molecule has 1 heterocycles. The van der Waals surface area contributed by atoms with E-state index in [1.165, 1.54) is 4.57 Å². The molecule has 0 radical (unpaired) electrons. The third-order valence-corrected chi connectivity index (χ3v) is 4.21. The van der Waals surface area contributed by atoms with Crippen LogP contribution in [0.1, 0.15) is 39.2 Å². The van der Waals surface area contributed by atoms with Crippen LogP contribution in [0.2, 0.25) is 0 Å². The van der Waals surface area contributed by atoms with Crippen LogP contribution in [0.3, 0.4) is 0 Å². The molecule has 100 valence electrons. The Labute approximate surface area is 105 Å². The van der Waals surface area contributed by atoms with Crippen molar-refractivity contribution >= 4 is 0 Å². The van der Waals surface area contributed by atoms with Gasteiger partial charge in [0.2, 0.25) is 5.88 Å². The Morgan fingerprint density at radius 1 is 1.39 bits per heavy atom. The van der Waals surface area contributed by atoms with Crippen molar-refractivity contribution in [3.63, 3.8) is 0 Å². The zero-order chi connectivity index (χ0) is 13.5. The number of nitrogens with zero attached hydrogens (tertiary/aromatic N) is 1. The fourth-order valence-corrected chi connectivity index (χ4v) is 2.46. The third kappa shape index (κ3) is 1.98. The fourth-order valence-electron chi connectivity index (χ4n) is 2.46. The molecule has 0 atom stereocenters. The molecule has 2 rings (SSSR count). The lowest BCUT2D eigenvalue weighted by molar-refractivity contribution is 0.278. The summed E-state index contributed by atoms with van der Waals surface area (Å²) in [5.41, 5.74) is -0.605. The molecule has 0 spiro atoms. The van der Waals surface area contributed by atoms with Gasteiger partial charge in [-0.15, -0.1) is 0 Å². The third-order valence-electron chi connectivity index (χ3n) is 4.21. The first-order valence-corrected chi connectivity index (χ1v) is 6.46. The van der Waals surface area contributed by atoms with Crippen LogP contribution in [0.15, 0.2) is 9.59 Å². The lowest BCUT2D eigenvalue weighted by Gasteiger charge is -2.21. The van der Waals surface area contributed by atoms with Gasteiger partial charge in [-0.05, 0) is 30.6 Å². The first kappa shape index (κ1) is 12.9. The monoisotopic (exact) mass is 252 g/mol. The molecule has 0 amide bonds. The van der Waals surface area contributed by atoms with E-state index in [4.69, 9.17) is 0 Å². The van der Waals surface area contributed by atoms with Gasteiger partial charge in [-0.2, -0.15) is 0 Å². The first-order chi connectivity index (χ1) is 8.41. The predicted molar refractivity (Wildman–Crippen MR) is 68.9 cm³/mol. The average Bonchev–Trinajstić information content (AvgIpc) is 3.05. The number of hydrogen-bond acceptors (Lipinski definition) is 3. The number of aromatic hydroxyl groups is 1. The van der Waals surface area contributed by atoms with Crippen molar-refractivity contribution in [2.45, 2.75) is 46.6 Å². The molecule has 1 aliphatic rings. The highest BCUT2D eigenvalue weighted by Gasteiger charge is 2.46. The first-order valence-electron chi connectivity index (χ1n) is 6.46. The van der Waals surface area contributed by atoms with E-state index in [1.54, 1.807) is 6.92 Å². The Hall–Kier alpha value is -1.52. The minimum absolute atomic E-state index is 0.102. The van der Waals surface area contributed by atoms with Gasteiger partial charge in [0, 0.05) is 6.54 Å². The lowest BCUT2D eigenvalue weighted by Crippen LogP contribution is -2.35. The summed E-state index contributed by atoms with van der Waals surface area (Å²) >= 11 is 0. The van der Waals surface area contributed by atoms with Crippen molar-refractivity contribution in [3.05, 3.63) is 26.4 Å². The highest BCUT2D eigenvalue weighted by Crippen LogP contribution is 2.53. The fraction of sp³-hybridized carbons (Fsp3) is 0.692. The number of aromatic amines is 1. The predicted octanol–water partition coefficient (Wildman–Crippen LogP) is 1.24. The van der Waals surface area contributed by atoms with Crippen LogP contribution in [-0.4, -0.2) is 14.7 Å². The Balaban J connectivity index is 2.46. The van der Waals surface area contributed by atoms with E-state index in [0.717, 1.165) is 12.8 Å². The highest BCUT2D eigenvalue weighted by atomic mass is 16.3. The summed E-state index contributed by atoms with van der Waals surface area (Å²) in [6, 6.07) is 0. The van der Waals surface area contributed by atoms with Crippen LogP contribution in [0.4, 0.5) is 0 Å². The van der Waals surface area contributed by atoms with Crippen molar-refractivity contribution in [1.82, 2.24) is 9.55 Å². The zero-order valence-electron chi connectivity index (χ0n) is 11.1. The largest absolute Gasteiger partial charge is 0.494 e. The summed E-state index contributed by atoms with van der Waals surface area (Å²) in [5.74, 6) is 0.291. The second-order valence-electron chi connectivity index (χ2n) is 5.52. The van der Waals surface area contributed by atoms with Gasteiger partial charge in [0.25, 0.3) is 5.56 Å². The highest BCUT2D eigenvalue weighted by molar-refractivity contribution is 5.22. The van der Waals surface area contributed by atoms with Crippen molar-refractivity contribution in [3.8, 4) is 5.88 Å². The lowest BCUT2D eigenvalue weighted by atomic mass is 9.92. The molecule has 1 fully saturated rings. The number of aromatic nitrogens is 2. The SMILES string of the molecule is CCc1c(O)n(CC2(C(C)C)CC2)c(=O)[nH]c1=O. The molecule has 1 aromatic heterocycles. The minimum atomic E-state index is -0.512. The summed E-state index contributed by atoms with van der Waals surface area (Å²) in [5, 5.41) is 10.1. The van der Waals surface area contributed by atoms with Gasteiger partial charge in [0.15, 0.2) is 0 Å². The molecule has 5 nitrogen and oxygen atoms in total. The van der Waals surface area contributed by atoms with E-state index in [-0.39, 0.29) is 16.9 Å². The number of H-pyrrole nitrogens is 1. The van der Waals surface area contributed by atoms with E-state index in [1.807, 2.05) is 0 Å². The van der Waals surface area contributed by atoms with Crippen LogP contribution in [0.25, 0.3) is 0 Å². The molecule has 0 aromatic carbocycles. The molecular formula is C13H20N2O3. The van der Waals surface area contributed by atoms with Gasteiger partial charge >= 0.3 is 5.69 Å². The maximum absolute atomic E-state index is 11.8. The number of rotatable bonds is 4. The summed E-state index contributed by atoms with van der Waals surface area (Å²) in [6.07, 6.45) is 2.55. The van der Waals surface area contributed by atoms with Crippen LogP contribution < -0.4 is 11.2 Å². The maximum atomic E-state index is 11.8. The molecule has 18 heavy (non-hydrogen) atoms. The molecule has 2 N–H and O–H groups in total. The van der Waals surface area contributed by atoms with E-state index in [0.29, 0.717) is 18.9 Å². The molecule has 0 aliphatic heterocycles. The quantitative estimate of drug-likeness (QED) is 0.846. The van der Waals surface area contributed by atoms with Gasteiger partial charge < -0.3 is 5.11 Å². The minimum Gasteiger partial charge on any atom is -0.494 e. The molecule has 1 aromatic rings. The maximum Gasteiger partial charge on any atom is 0.331 e. The molecule has 0 saturated heterocycles. The Kier molecular flexibility index (Phi) is 3.09. The van der Waals surface area contributed by atoms with E-state index >= 15 is 0 Å². The second kappa shape index (κ2) is 4.30. The number of nitrogens with one attached hydrogen (secondary N) is 1.